The van der Waals surface area contributed by atoms with E-state index in [0.717, 1.165) is 62.2 Å². The molecule has 3 heterocycles. The van der Waals surface area contributed by atoms with E-state index in [9.17, 15) is 14.7 Å². The van der Waals surface area contributed by atoms with Gasteiger partial charge in [-0.15, -0.1) is 0 Å². The summed E-state index contributed by atoms with van der Waals surface area (Å²) < 4.78 is 18.9. The first-order chi connectivity index (χ1) is 29.5. The number of carboxylic acid groups (broad SMARTS) is 1. The molecule has 8 rings (SSSR count). The summed E-state index contributed by atoms with van der Waals surface area (Å²) in [7, 11) is 0. The Morgan fingerprint density at radius 2 is 1.64 bits per heavy atom. The molecule has 2 aliphatic heterocycles. The molecule has 0 aliphatic carbocycles. The minimum Gasteiger partial charge on any atom is -0.489 e. The molecule has 1 amide bonds. The number of benzene rings is 5. The van der Waals surface area contributed by atoms with Gasteiger partial charge in [-0.25, -0.2) is 0 Å². The predicted octanol–water partition coefficient (Wildman–Crippen LogP) is 11.0. The van der Waals surface area contributed by atoms with Crippen LogP contribution in [0.15, 0.2) is 121 Å². The lowest BCUT2D eigenvalue weighted by Gasteiger charge is -2.42. The Bertz CT molecular complexity index is 2530. The molecule has 4 atom stereocenters. The van der Waals surface area contributed by atoms with Crippen LogP contribution in [0.5, 0.6) is 17.2 Å². The molecule has 0 saturated carbocycles. The molecule has 61 heavy (non-hydrogen) atoms. The lowest BCUT2D eigenvalue weighted by atomic mass is 9.88. The van der Waals surface area contributed by atoms with E-state index in [-0.39, 0.29) is 24.5 Å². The van der Waals surface area contributed by atoms with Crippen molar-refractivity contribution in [3.8, 4) is 28.4 Å². The van der Waals surface area contributed by atoms with Crippen molar-refractivity contribution in [2.45, 2.75) is 77.4 Å². The molecule has 0 bridgehead atoms. The van der Waals surface area contributed by atoms with E-state index < -0.39 is 18.1 Å². The second-order valence-electron chi connectivity index (χ2n) is 15.7. The van der Waals surface area contributed by atoms with Crippen LogP contribution in [-0.4, -0.2) is 39.5 Å². The molecule has 11 heteroatoms. The molecule has 5 aromatic carbocycles. The van der Waals surface area contributed by atoms with Gasteiger partial charge in [-0.2, -0.15) is 0 Å². The number of carbonyl (C=O) groups is 2. The number of fused-ring (bicyclic) bond motifs is 2. The molecule has 0 radical (unpaired) electrons. The molecule has 2 aliphatic rings. The van der Waals surface area contributed by atoms with Gasteiger partial charge in [-0.05, 0) is 119 Å². The van der Waals surface area contributed by atoms with Gasteiger partial charge in [0.05, 0.1) is 28.5 Å². The Morgan fingerprint density at radius 3 is 2.36 bits per heavy atom. The van der Waals surface area contributed by atoms with Crippen molar-refractivity contribution in [2.24, 2.45) is 0 Å². The summed E-state index contributed by atoms with van der Waals surface area (Å²) in [4.78, 5) is 33.6. The Balaban J connectivity index is 1.03. The molecule has 9 nitrogen and oxygen atoms in total. The number of amides is 1. The van der Waals surface area contributed by atoms with Gasteiger partial charge in [-0.1, -0.05) is 103 Å². The molecular formula is C50H47Cl2N3O6. The van der Waals surface area contributed by atoms with Gasteiger partial charge in [0.1, 0.15) is 19.0 Å². The number of hydrogen-bond acceptors (Lipinski definition) is 7. The van der Waals surface area contributed by atoms with E-state index in [1.807, 2.05) is 105 Å². The zero-order valence-corrected chi connectivity index (χ0v) is 35.7. The molecular weight excluding hydrogens is 809 g/mol. The number of aromatic nitrogens is 1. The molecule has 0 saturated heterocycles. The second-order valence-corrected chi connectivity index (χ2v) is 16.5. The summed E-state index contributed by atoms with van der Waals surface area (Å²) in [5.74, 6) is 0.745. The van der Waals surface area contributed by atoms with E-state index in [2.05, 4.69) is 34.3 Å². The second kappa shape index (κ2) is 18.4. The first-order valence-corrected chi connectivity index (χ1v) is 21.3. The van der Waals surface area contributed by atoms with Gasteiger partial charge in [0.15, 0.2) is 17.6 Å². The summed E-state index contributed by atoms with van der Waals surface area (Å²) in [6.45, 7) is 7.31. The number of nitrogens with one attached hydrogen (secondary N) is 1. The van der Waals surface area contributed by atoms with Gasteiger partial charge in [0.2, 0.25) is 5.91 Å². The number of aliphatic carboxylic acids is 1. The number of carbonyl (C=O) groups excluding carboxylic acids is 1. The van der Waals surface area contributed by atoms with Crippen LogP contribution in [0.25, 0.3) is 11.1 Å². The number of aryl methyl sites for hydroxylation is 1. The smallest absolute Gasteiger partial charge is 0.305 e. The summed E-state index contributed by atoms with van der Waals surface area (Å²) in [5.41, 5.74) is 9.80. The highest BCUT2D eigenvalue weighted by molar-refractivity contribution is 6.42. The maximum absolute atomic E-state index is 14.7. The number of halogens is 2. The van der Waals surface area contributed by atoms with Gasteiger partial charge >= 0.3 is 5.97 Å². The fourth-order valence-electron chi connectivity index (χ4n) is 8.36. The monoisotopic (exact) mass is 855 g/mol. The predicted molar refractivity (Wildman–Crippen MR) is 237 cm³/mol. The molecule has 0 fully saturated rings. The average Bonchev–Trinajstić information content (AvgIpc) is 3.27. The quantitative estimate of drug-likeness (QED) is 0.118. The van der Waals surface area contributed by atoms with Crippen molar-refractivity contribution < 1.29 is 28.9 Å². The van der Waals surface area contributed by atoms with Crippen LogP contribution in [0.1, 0.15) is 82.6 Å². The average molecular weight is 857 g/mol. The third kappa shape index (κ3) is 9.39. The lowest BCUT2D eigenvalue weighted by Crippen LogP contribution is -2.52. The highest BCUT2D eigenvalue weighted by Gasteiger charge is 2.38. The minimum absolute atomic E-state index is 0.0668. The van der Waals surface area contributed by atoms with Gasteiger partial charge < -0.3 is 24.6 Å². The molecule has 312 valence electrons. The number of nitrogens with zero attached hydrogens (tertiary/aromatic N) is 2. The topological polar surface area (TPSA) is 110 Å². The molecule has 0 spiro atoms. The van der Waals surface area contributed by atoms with Gasteiger partial charge in [-0.3, -0.25) is 19.5 Å². The van der Waals surface area contributed by atoms with Crippen LogP contribution >= 0.6 is 23.2 Å². The van der Waals surface area contributed by atoms with Crippen molar-refractivity contribution in [1.82, 2.24) is 15.2 Å². The van der Waals surface area contributed by atoms with E-state index >= 15 is 0 Å². The number of ether oxygens (including phenoxy) is 3. The fraction of sp³-hybridized carbons (Fsp3) is 0.260. The van der Waals surface area contributed by atoms with Crippen molar-refractivity contribution in [3.05, 3.63) is 176 Å². The lowest BCUT2D eigenvalue weighted by molar-refractivity contribution is -0.138. The van der Waals surface area contributed by atoms with Crippen LogP contribution in [0, 0.1) is 13.8 Å². The Hall–Kier alpha value is -5.87. The SMILES string of the molecule is CC[C@@H](c1ccccc1)N1Cc2cc3c(cc2C[C@H]1C(=O)N[C@@H](CC(=O)O)c1ccc(-c2ccnc(C)c2C)cc1)OC(c1ccc(OCc2ccc(Cl)c(Cl)c2)cc1)CO3. The van der Waals surface area contributed by atoms with E-state index in [1.54, 1.807) is 18.3 Å². The van der Waals surface area contributed by atoms with Crippen LogP contribution in [0.4, 0.5) is 0 Å². The third-order valence-electron chi connectivity index (χ3n) is 11.8. The maximum atomic E-state index is 14.7. The van der Waals surface area contributed by atoms with Crippen molar-refractivity contribution in [1.29, 1.82) is 0 Å². The summed E-state index contributed by atoms with van der Waals surface area (Å²) in [6, 6.07) is 35.8. The van der Waals surface area contributed by atoms with E-state index in [4.69, 9.17) is 37.4 Å². The Labute approximate surface area is 366 Å². The van der Waals surface area contributed by atoms with Crippen LogP contribution in [-0.2, 0) is 29.2 Å². The maximum Gasteiger partial charge on any atom is 0.305 e. The third-order valence-corrected chi connectivity index (χ3v) is 12.5. The number of hydrogen-bond donors (Lipinski definition) is 2. The highest BCUT2D eigenvalue weighted by atomic mass is 35.5. The van der Waals surface area contributed by atoms with Crippen molar-refractivity contribution in [3.63, 3.8) is 0 Å². The normalized spacial score (nSPS) is 16.9. The highest BCUT2D eigenvalue weighted by Crippen LogP contribution is 2.43. The largest absolute Gasteiger partial charge is 0.489 e. The van der Waals surface area contributed by atoms with Crippen molar-refractivity contribution in [2.75, 3.05) is 6.61 Å². The number of pyridine rings is 1. The standard InChI is InChI=1S/C50H47Cl2N3O6/c1-4-44(35-8-6-5-7-9-35)55-27-38-25-46-47(61-48(29-60-46)36-15-17-39(18-16-36)59-28-32-10-19-41(51)42(52)22-32)24-37(38)23-45(55)50(58)54-43(26-49(56)57)34-13-11-33(12-14-34)40-20-21-53-31(3)30(40)2/h5-22,24-25,43-45,48H,4,23,26-29H2,1-3H3,(H,54,58)(H,56,57)/t43-,44-,45-,48?/m0/s1. The first-order valence-electron chi connectivity index (χ1n) is 20.5. The van der Waals surface area contributed by atoms with Crippen molar-refractivity contribution >= 4 is 35.1 Å². The zero-order chi connectivity index (χ0) is 42.6. The van der Waals surface area contributed by atoms with Crippen LogP contribution in [0.3, 0.4) is 0 Å². The summed E-state index contributed by atoms with van der Waals surface area (Å²) >= 11 is 12.2. The Kier molecular flexibility index (Phi) is 12.6. The number of rotatable bonds is 13. The first kappa shape index (κ1) is 41.8. The number of carboxylic acids is 1. The van der Waals surface area contributed by atoms with Gasteiger partial charge in [0, 0.05) is 24.5 Å². The summed E-state index contributed by atoms with van der Waals surface area (Å²) in [6.07, 6.45) is 2.34. The van der Waals surface area contributed by atoms with Gasteiger partial charge in [0.25, 0.3) is 0 Å². The zero-order valence-electron chi connectivity index (χ0n) is 34.2. The summed E-state index contributed by atoms with van der Waals surface area (Å²) in [5, 5.41) is 14.2. The molecule has 1 unspecified atom stereocenters. The van der Waals surface area contributed by atoms with E-state index in [0.29, 0.717) is 53.5 Å². The molecule has 6 aromatic rings. The minimum atomic E-state index is -1.000. The van der Waals surface area contributed by atoms with Crippen LogP contribution < -0.4 is 19.5 Å². The molecule has 1 aromatic heterocycles. The van der Waals surface area contributed by atoms with E-state index in [1.165, 1.54) is 0 Å². The Morgan fingerprint density at radius 1 is 0.885 bits per heavy atom. The fourth-order valence-corrected chi connectivity index (χ4v) is 8.68. The van der Waals surface area contributed by atoms with Crippen LogP contribution in [0.2, 0.25) is 10.0 Å². The molecule has 2 N–H and O–H groups in total.